The van der Waals surface area contributed by atoms with Crippen molar-refractivity contribution in [2.45, 2.75) is 32.1 Å². The van der Waals surface area contributed by atoms with Crippen LogP contribution in [-0.2, 0) is 23.6 Å². The maximum absolute atomic E-state index is 13.2. The van der Waals surface area contributed by atoms with Gasteiger partial charge in [0.2, 0.25) is 0 Å². The number of nitrogens with zero attached hydrogens (tertiary/aromatic N) is 1. The van der Waals surface area contributed by atoms with Gasteiger partial charge in [-0.3, -0.25) is 8.87 Å². The molecule has 0 bridgehead atoms. The molecule has 0 aliphatic rings. The second kappa shape index (κ2) is 9.91. The topological polar surface area (TPSA) is 72.9 Å². The fourth-order valence-corrected chi connectivity index (χ4v) is 5.77. The molecule has 144 valence electrons. The van der Waals surface area contributed by atoms with Crippen molar-refractivity contribution in [1.82, 2.24) is 4.31 Å². The van der Waals surface area contributed by atoms with Gasteiger partial charge in [0.25, 0.3) is 10.0 Å². The van der Waals surface area contributed by atoms with Crippen LogP contribution in [0.2, 0.25) is 0 Å². The minimum absolute atomic E-state index is 0.0156. The van der Waals surface area contributed by atoms with Gasteiger partial charge in [0, 0.05) is 6.54 Å². The zero-order valence-corrected chi connectivity index (χ0v) is 17.2. The van der Waals surface area contributed by atoms with Crippen molar-refractivity contribution in [3.8, 4) is 0 Å². The molecule has 0 heterocycles. The molecule has 6 nitrogen and oxygen atoms in total. The summed E-state index contributed by atoms with van der Waals surface area (Å²) in [5.74, 6) is 0. The van der Waals surface area contributed by atoms with Gasteiger partial charge < -0.3 is 9.05 Å². The van der Waals surface area contributed by atoms with Crippen LogP contribution < -0.4 is 0 Å². The van der Waals surface area contributed by atoms with Crippen LogP contribution in [0.15, 0.2) is 59.6 Å². The number of benzene rings is 1. The molecule has 1 aromatic carbocycles. The van der Waals surface area contributed by atoms with Crippen LogP contribution in [0.5, 0.6) is 0 Å². The number of sulfonamides is 1. The standard InChI is InChI=1S/C18H26NO5PS/c1-6-10-15-19(18(7-2)25(20,23-8-3)24-9-4)26(21,22)17-13-11-16(5)12-14-17/h6,11-14H,1-2,8-10,15H2,3-5H3. The van der Waals surface area contributed by atoms with Gasteiger partial charge in [-0.15, -0.1) is 6.58 Å². The highest BCUT2D eigenvalue weighted by atomic mass is 32.2. The first-order valence-corrected chi connectivity index (χ1v) is 11.2. The maximum atomic E-state index is 13.2. The maximum Gasteiger partial charge on any atom is 0.386 e. The van der Waals surface area contributed by atoms with E-state index in [9.17, 15) is 13.0 Å². The summed E-state index contributed by atoms with van der Waals surface area (Å²) in [5.41, 5.74) is 3.18. The van der Waals surface area contributed by atoms with E-state index in [2.05, 4.69) is 18.9 Å². The van der Waals surface area contributed by atoms with E-state index in [-0.39, 0.29) is 30.1 Å². The van der Waals surface area contributed by atoms with Crippen LogP contribution in [0.1, 0.15) is 25.8 Å². The van der Waals surface area contributed by atoms with Crippen molar-refractivity contribution in [3.05, 3.63) is 60.2 Å². The number of aryl methyl sites for hydroxylation is 1. The molecule has 0 N–H and O–H groups in total. The second-order valence-corrected chi connectivity index (χ2v) is 9.10. The fourth-order valence-electron chi connectivity index (χ4n) is 2.21. The highest BCUT2D eigenvalue weighted by Crippen LogP contribution is 2.57. The van der Waals surface area contributed by atoms with Crippen molar-refractivity contribution in [1.29, 1.82) is 0 Å². The van der Waals surface area contributed by atoms with Gasteiger partial charge in [0.15, 0.2) is 5.44 Å². The molecule has 0 spiro atoms. The molecule has 0 saturated heterocycles. The smallest absolute Gasteiger partial charge is 0.304 e. The third kappa shape index (κ3) is 5.19. The normalized spacial score (nSPS) is 11.7. The van der Waals surface area contributed by atoms with E-state index in [0.717, 1.165) is 9.87 Å². The van der Waals surface area contributed by atoms with Gasteiger partial charge in [-0.2, -0.15) is 0 Å². The van der Waals surface area contributed by atoms with Gasteiger partial charge in [-0.25, -0.2) is 8.42 Å². The quantitative estimate of drug-likeness (QED) is 0.312. The van der Waals surface area contributed by atoms with Crippen LogP contribution in [0, 0.1) is 6.92 Å². The Morgan fingerprint density at radius 2 is 1.77 bits per heavy atom. The largest absolute Gasteiger partial charge is 0.386 e. The van der Waals surface area contributed by atoms with E-state index >= 15 is 0 Å². The molecule has 0 atom stereocenters. The van der Waals surface area contributed by atoms with Gasteiger partial charge in [0.1, 0.15) is 0 Å². The summed E-state index contributed by atoms with van der Waals surface area (Å²) in [5, 5.41) is 0. The summed E-state index contributed by atoms with van der Waals surface area (Å²) in [4.78, 5) is 0.0689. The first-order valence-electron chi connectivity index (χ1n) is 8.26. The Bertz CT molecular complexity index is 800. The zero-order chi connectivity index (χ0) is 19.8. The van der Waals surface area contributed by atoms with E-state index in [1.54, 1.807) is 32.1 Å². The molecule has 0 fully saturated rings. The van der Waals surface area contributed by atoms with Gasteiger partial charge in [-0.1, -0.05) is 36.1 Å². The fraction of sp³-hybridized carbons (Fsp3) is 0.389. The van der Waals surface area contributed by atoms with E-state index < -0.39 is 17.6 Å². The molecular weight excluding hydrogens is 373 g/mol. The Hall–Kier alpha value is -1.62. The highest BCUT2D eigenvalue weighted by molar-refractivity contribution is 7.89. The summed E-state index contributed by atoms with van der Waals surface area (Å²) < 4.78 is 51.1. The average Bonchev–Trinajstić information content (AvgIpc) is 2.59. The lowest BCUT2D eigenvalue weighted by atomic mass is 10.2. The van der Waals surface area contributed by atoms with Crippen LogP contribution in [0.3, 0.4) is 0 Å². The lowest BCUT2D eigenvalue weighted by molar-refractivity contribution is 0.220. The molecule has 8 heteroatoms. The summed E-state index contributed by atoms with van der Waals surface area (Å²) in [6.07, 6.45) is 1.92. The number of hydrogen-bond donors (Lipinski definition) is 0. The van der Waals surface area contributed by atoms with Crippen molar-refractivity contribution in [2.75, 3.05) is 19.8 Å². The summed E-state index contributed by atoms with van der Waals surface area (Å²) >= 11 is 0. The Kier molecular flexibility index (Phi) is 8.54. The molecule has 0 radical (unpaired) electrons. The van der Waals surface area contributed by atoms with Crippen LogP contribution in [0.4, 0.5) is 0 Å². The molecule has 0 aliphatic heterocycles. The third-order valence-corrected chi connectivity index (χ3v) is 7.46. The molecule has 1 rings (SSSR count). The zero-order valence-electron chi connectivity index (χ0n) is 15.5. The Morgan fingerprint density at radius 3 is 2.19 bits per heavy atom. The van der Waals surface area contributed by atoms with E-state index in [0.29, 0.717) is 6.42 Å². The van der Waals surface area contributed by atoms with Gasteiger partial charge in [0.05, 0.1) is 18.1 Å². The first kappa shape index (κ1) is 22.4. The third-order valence-electron chi connectivity index (χ3n) is 3.40. The molecule has 1 aromatic rings. The predicted molar refractivity (Wildman–Crippen MR) is 103 cm³/mol. The van der Waals surface area contributed by atoms with Gasteiger partial charge in [-0.05, 0) is 39.3 Å². The van der Waals surface area contributed by atoms with Crippen molar-refractivity contribution >= 4 is 17.6 Å². The van der Waals surface area contributed by atoms with Crippen molar-refractivity contribution < 1.29 is 22.0 Å². The Labute approximate surface area is 156 Å². The average molecular weight is 399 g/mol. The predicted octanol–water partition coefficient (Wildman–Crippen LogP) is 4.45. The van der Waals surface area contributed by atoms with Crippen LogP contribution >= 0.6 is 7.60 Å². The minimum atomic E-state index is -4.01. The lowest BCUT2D eigenvalue weighted by Gasteiger charge is -2.29. The molecule has 0 aromatic heterocycles. The Morgan fingerprint density at radius 1 is 1.23 bits per heavy atom. The number of hydrogen-bond acceptors (Lipinski definition) is 5. The van der Waals surface area contributed by atoms with E-state index in [1.807, 2.05) is 6.92 Å². The van der Waals surface area contributed by atoms with Crippen molar-refractivity contribution in [2.24, 2.45) is 0 Å². The van der Waals surface area contributed by atoms with E-state index in [1.165, 1.54) is 12.1 Å². The Balaban J connectivity index is 3.51. The molecule has 0 aliphatic carbocycles. The number of rotatable bonds is 11. The highest BCUT2D eigenvalue weighted by Gasteiger charge is 2.39. The first-order chi connectivity index (χ1) is 12.3. The SMILES string of the molecule is C=C=C(N(CCC=C)S(=O)(=O)c1ccc(C)cc1)P(=O)(OCC)OCC. The molecule has 0 unspecified atom stereocenters. The van der Waals surface area contributed by atoms with E-state index in [4.69, 9.17) is 9.05 Å². The lowest BCUT2D eigenvalue weighted by Crippen LogP contribution is -2.32. The summed E-state index contributed by atoms with van der Waals surface area (Å²) in [6.45, 7) is 12.5. The van der Waals surface area contributed by atoms with Crippen LogP contribution in [0.25, 0.3) is 0 Å². The second-order valence-electron chi connectivity index (χ2n) is 5.30. The summed E-state index contributed by atoms with van der Waals surface area (Å²) in [6, 6.07) is 6.39. The molecular formula is C18H26NO5PS. The monoisotopic (exact) mass is 399 g/mol. The summed E-state index contributed by atoms with van der Waals surface area (Å²) in [7, 11) is -7.90. The van der Waals surface area contributed by atoms with Crippen molar-refractivity contribution in [3.63, 3.8) is 0 Å². The minimum Gasteiger partial charge on any atom is -0.304 e. The van der Waals surface area contributed by atoms with Crippen LogP contribution in [-0.4, -0.2) is 32.5 Å². The molecule has 26 heavy (non-hydrogen) atoms. The molecule has 0 saturated carbocycles. The van der Waals surface area contributed by atoms with Gasteiger partial charge >= 0.3 is 7.60 Å². The molecule has 0 amide bonds.